The molecule has 1 aliphatic rings. The molecule has 208 valence electrons. The molecule has 5 nitrogen and oxygen atoms in total. The standard InChI is InChI=1S/C33H39FO5/c1-33(2,3)32(38-5)29-16-22(11-13-27(29)28-19-25(37-4)12-14-30(28)34)20-39-26-8-6-7-23(17-26)24(18-31(35)36)15-21-9-10-21/h6-8,11-14,16-17,19,21,24,32H,9-10,15,18,20H2,1-5H3,(H,35,36)/t24?,32-/m0/s1. The van der Waals surface area contributed by atoms with Gasteiger partial charge in [-0.1, -0.05) is 57.9 Å². The maximum Gasteiger partial charge on any atom is 0.303 e. The van der Waals surface area contributed by atoms with Crippen LogP contribution in [0.15, 0.2) is 60.7 Å². The molecule has 2 atom stereocenters. The molecule has 0 heterocycles. The topological polar surface area (TPSA) is 65.0 Å². The Bertz CT molecular complexity index is 1290. The lowest BCUT2D eigenvalue weighted by Gasteiger charge is -2.32. The predicted molar refractivity (Wildman–Crippen MR) is 151 cm³/mol. The van der Waals surface area contributed by atoms with Crippen molar-refractivity contribution in [3.63, 3.8) is 0 Å². The van der Waals surface area contributed by atoms with E-state index in [1.165, 1.54) is 18.9 Å². The molecule has 0 aromatic heterocycles. The van der Waals surface area contributed by atoms with Crippen LogP contribution in [0.2, 0.25) is 0 Å². The zero-order valence-corrected chi connectivity index (χ0v) is 23.5. The number of methoxy groups -OCH3 is 2. The first kappa shape index (κ1) is 28.6. The zero-order chi connectivity index (χ0) is 28.2. The van der Waals surface area contributed by atoms with Gasteiger partial charge in [-0.25, -0.2) is 4.39 Å². The Kier molecular flexibility index (Phi) is 8.96. The summed E-state index contributed by atoms with van der Waals surface area (Å²) < 4.78 is 32.5. The molecule has 1 saturated carbocycles. The summed E-state index contributed by atoms with van der Waals surface area (Å²) in [4.78, 5) is 11.5. The molecule has 0 radical (unpaired) electrons. The van der Waals surface area contributed by atoms with Gasteiger partial charge in [0.05, 0.1) is 19.6 Å². The van der Waals surface area contributed by atoms with E-state index in [1.54, 1.807) is 26.4 Å². The van der Waals surface area contributed by atoms with Crippen molar-refractivity contribution in [2.45, 2.75) is 65.1 Å². The number of ether oxygens (including phenoxy) is 3. The van der Waals surface area contributed by atoms with Crippen molar-refractivity contribution < 1.29 is 28.5 Å². The van der Waals surface area contributed by atoms with Crippen molar-refractivity contribution in [1.29, 1.82) is 0 Å². The second-order valence-electron chi connectivity index (χ2n) is 11.6. The first-order valence-electron chi connectivity index (χ1n) is 13.5. The van der Waals surface area contributed by atoms with Crippen LogP contribution >= 0.6 is 0 Å². The fourth-order valence-electron chi connectivity index (χ4n) is 5.28. The van der Waals surface area contributed by atoms with Crippen LogP contribution in [0.1, 0.15) is 75.2 Å². The van der Waals surface area contributed by atoms with Gasteiger partial charge >= 0.3 is 5.97 Å². The van der Waals surface area contributed by atoms with Crippen molar-refractivity contribution in [2.24, 2.45) is 11.3 Å². The van der Waals surface area contributed by atoms with Crippen molar-refractivity contribution in [3.8, 4) is 22.6 Å². The third-order valence-corrected chi connectivity index (χ3v) is 7.36. The molecule has 6 heteroatoms. The van der Waals surface area contributed by atoms with E-state index in [4.69, 9.17) is 14.2 Å². The van der Waals surface area contributed by atoms with Gasteiger partial charge in [0, 0.05) is 12.7 Å². The van der Waals surface area contributed by atoms with Gasteiger partial charge < -0.3 is 19.3 Å². The summed E-state index contributed by atoms with van der Waals surface area (Å²) in [6.07, 6.45) is 3.09. The average molecular weight is 535 g/mol. The van der Waals surface area contributed by atoms with Gasteiger partial charge in [0.2, 0.25) is 0 Å². The van der Waals surface area contributed by atoms with Crippen LogP contribution in [-0.4, -0.2) is 25.3 Å². The van der Waals surface area contributed by atoms with E-state index < -0.39 is 5.97 Å². The fourth-order valence-corrected chi connectivity index (χ4v) is 5.28. The highest BCUT2D eigenvalue weighted by atomic mass is 19.1. The van der Waals surface area contributed by atoms with E-state index in [-0.39, 0.29) is 29.7 Å². The number of halogens is 1. The second-order valence-corrected chi connectivity index (χ2v) is 11.6. The minimum atomic E-state index is -0.779. The van der Waals surface area contributed by atoms with E-state index in [9.17, 15) is 9.90 Å². The van der Waals surface area contributed by atoms with Crippen LogP contribution < -0.4 is 9.47 Å². The first-order chi connectivity index (χ1) is 18.6. The molecule has 4 rings (SSSR count). The summed E-state index contributed by atoms with van der Waals surface area (Å²) in [7, 11) is 3.24. The summed E-state index contributed by atoms with van der Waals surface area (Å²) in [5.74, 6) is 0.778. The monoisotopic (exact) mass is 534 g/mol. The maximum absolute atomic E-state index is 15.0. The molecule has 3 aromatic carbocycles. The van der Waals surface area contributed by atoms with Crippen LogP contribution in [0, 0.1) is 17.2 Å². The SMILES string of the molecule is COc1ccc(F)c(-c2ccc(COc3cccc(C(CC(=O)O)CC4CC4)c3)cc2[C@H](OC)C(C)(C)C)c1. The van der Waals surface area contributed by atoms with E-state index >= 15 is 4.39 Å². The Morgan fingerprint density at radius 3 is 2.41 bits per heavy atom. The number of carbonyl (C=O) groups is 1. The van der Waals surface area contributed by atoms with Crippen LogP contribution in [0.25, 0.3) is 11.1 Å². The van der Waals surface area contributed by atoms with E-state index in [0.29, 0.717) is 29.6 Å². The molecular weight excluding hydrogens is 495 g/mol. The van der Waals surface area contributed by atoms with Crippen LogP contribution in [-0.2, 0) is 16.1 Å². The van der Waals surface area contributed by atoms with E-state index in [1.807, 2.05) is 42.5 Å². The lowest BCUT2D eigenvalue weighted by atomic mass is 9.81. The molecule has 1 fully saturated rings. The molecule has 3 aromatic rings. The number of benzene rings is 3. The molecule has 0 aliphatic heterocycles. The summed E-state index contributed by atoms with van der Waals surface area (Å²) in [5.41, 5.74) is 3.75. The largest absolute Gasteiger partial charge is 0.497 e. The first-order valence-corrected chi connectivity index (χ1v) is 13.5. The van der Waals surface area contributed by atoms with Gasteiger partial charge in [0.1, 0.15) is 23.9 Å². The molecule has 0 amide bonds. The Labute approximate surface area is 230 Å². The summed E-state index contributed by atoms with van der Waals surface area (Å²) in [5, 5.41) is 9.43. The molecule has 1 N–H and O–H groups in total. The zero-order valence-electron chi connectivity index (χ0n) is 23.5. The normalized spacial score (nSPS) is 15.0. The Morgan fingerprint density at radius 1 is 1.00 bits per heavy atom. The number of hydrogen-bond acceptors (Lipinski definition) is 4. The van der Waals surface area contributed by atoms with E-state index in [0.717, 1.165) is 28.7 Å². The van der Waals surface area contributed by atoms with Gasteiger partial charge in [0.25, 0.3) is 0 Å². The van der Waals surface area contributed by atoms with Gasteiger partial charge in [-0.3, -0.25) is 4.79 Å². The molecule has 0 saturated heterocycles. The quantitative estimate of drug-likeness (QED) is 0.254. The summed E-state index contributed by atoms with van der Waals surface area (Å²) in [6, 6.07) is 18.4. The molecule has 1 unspecified atom stereocenters. The second kappa shape index (κ2) is 12.2. The minimum absolute atomic E-state index is 0.0172. The van der Waals surface area contributed by atoms with Crippen molar-refractivity contribution >= 4 is 5.97 Å². The van der Waals surface area contributed by atoms with Gasteiger partial charge in [0.15, 0.2) is 0 Å². The van der Waals surface area contributed by atoms with E-state index in [2.05, 4.69) is 20.8 Å². The highest BCUT2D eigenvalue weighted by molar-refractivity contribution is 5.71. The van der Waals surface area contributed by atoms with Crippen LogP contribution in [0.5, 0.6) is 11.5 Å². The van der Waals surface area contributed by atoms with Gasteiger partial charge in [-0.2, -0.15) is 0 Å². The average Bonchev–Trinajstić information content (AvgIpc) is 3.71. The summed E-state index contributed by atoms with van der Waals surface area (Å²) in [6.45, 7) is 6.59. The van der Waals surface area contributed by atoms with Gasteiger partial charge in [-0.05, 0) is 82.3 Å². The smallest absolute Gasteiger partial charge is 0.303 e. The lowest BCUT2D eigenvalue weighted by molar-refractivity contribution is -0.137. The summed E-state index contributed by atoms with van der Waals surface area (Å²) >= 11 is 0. The fraction of sp³-hybridized carbons (Fsp3) is 0.424. The van der Waals surface area contributed by atoms with Crippen molar-refractivity contribution in [2.75, 3.05) is 14.2 Å². The predicted octanol–water partition coefficient (Wildman–Crippen LogP) is 8.17. The molecule has 39 heavy (non-hydrogen) atoms. The third kappa shape index (κ3) is 7.39. The Balaban J connectivity index is 1.62. The van der Waals surface area contributed by atoms with Crippen molar-refractivity contribution in [1.82, 2.24) is 0 Å². The number of aliphatic carboxylic acids is 1. The Morgan fingerprint density at radius 2 is 1.77 bits per heavy atom. The number of carboxylic acids is 1. The molecular formula is C33H39FO5. The lowest BCUT2D eigenvalue weighted by Crippen LogP contribution is -2.21. The molecule has 1 aliphatic carbocycles. The number of rotatable bonds is 12. The maximum atomic E-state index is 15.0. The highest BCUT2D eigenvalue weighted by Crippen LogP contribution is 2.43. The molecule has 0 spiro atoms. The van der Waals surface area contributed by atoms with Crippen LogP contribution in [0.3, 0.4) is 0 Å². The van der Waals surface area contributed by atoms with Crippen LogP contribution in [0.4, 0.5) is 4.39 Å². The third-order valence-electron chi connectivity index (χ3n) is 7.36. The highest BCUT2D eigenvalue weighted by Gasteiger charge is 2.30. The Hall–Kier alpha value is -3.38. The van der Waals surface area contributed by atoms with Crippen molar-refractivity contribution in [3.05, 3.63) is 83.2 Å². The number of hydrogen-bond donors (Lipinski definition) is 1. The molecule has 0 bridgehead atoms. The number of carboxylic acid groups (broad SMARTS) is 1. The van der Waals surface area contributed by atoms with Gasteiger partial charge in [-0.15, -0.1) is 0 Å². The minimum Gasteiger partial charge on any atom is -0.497 e.